The molecule has 0 atom stereocenters. The van der Waals surface area contributed by atoms with Gasteiger partial charge < -0.3 is 20.1 Å². The number of unbranched alkanes of at least 4 members (excludes halogenated alkanes) is 13. The summed E-state index contributed by atoms with van der Waals surface area (Å²) in [6.07, 6.45) is 23.5. The quantitative estimate of drug-likeness (QED) is 0.102. The average Bonchev–Trinajstić information content (AvgIpc) is 2.80. The van der Waals surface area contributed by atoms with Gasteiger partial charge in [-0.05, 0) is 25.3 Å². The zero-order chi connectivity index (χ0) is 26.9. The van der Waals surface area contributed by atoms with E-state index >= 15 is 0 Å². The Hall–Kier alpha value is -1.89. The Morgan fingerprint density at radius 1 is 0.611 bits per heavy atom. The van der Waals surface area contributed by atoms with Gasteiger partial charge in [0.05, 0.1) is 38.7 Å². The first kappa shape index (κ1) is 34.1. The molecular weight excluding hydrogens is 458 g/mol. The number of carboxylic acid groups (broad SMARTS) is 3. The van der Waals surface area contributed by atoms with E-state index in [4.69, 9.17) is 10.2 Å². The van der Waals surface area contributed by atoms with E-state index < -0.39 is 17.9 Å². The molecule has 0 unspecified atom stereocenters. The predicted molar refractivity (Wildman–Crippen MR) is 142 cm³/mol. The van der Waals surface area contributed by atoms with Gasteiger partial charge in [-0.25, -0.2) is 0 Å². The molecule has 36 heavy (non-hydrogen) atoms. The third-order valence-corrected chi connectivity index (χ3v) is 6.87. The Morgan fingerprint density at radius 3 is 1.39 bits per heavy atom. The molecule has 0 saturated carbocycles. The van der Waals surface area contributed by atoms with Crippen LogP contribution in [-0.2, 0) is 14.4 Å². The van der Waals surface area contributed by atoms with E-state index in [-0.39, 0.29) is 19.3 Å². The SMILES string of the molecule is CCCCCCCCCCCCCCC/C=C/[N+](CCCC(=O)[O-])(CCCC(=O)O)CCCC(=O)O. The number of hydrogen-bond acceptors (Lipinski definition) is 4. The number of nitrogens with zero attached hydrogens (tertiary/aromatic N) is 1. The fourth-order valence-corrected chi connectivity index (χ4v) is 4.77. The first-order chi connectivity index (χ1) is 17.3. The van der Waals surface area contributed by atoms with Crippen molar-refractivity contribution >= 4 is 17.9 Å². The Balaban J connectivity index is 4.43. The molecule has 0 aliphatic heterocycles. The molecular formula is C29H53NO6. The number of carboxylic acids is 3. The van der Waals surface area contributed by atoms with Gasteiger partial charge in [0.1, 0.15) is 0 Å². The molecule has 0 aliphatic carbocycles. The van der Waals surface area contributed by atoms with Gasteiger partial charge in [-0.15, -0.1) is 0 Å². The fourth-order valence-electron chi connectivity index (χ4n) is 4.77. The second-order valence-electron chi connectivity index (χ2n) is 10.3. The maximum Gasteiger partial charge on any atom is 0.303 e. The van der Waals surface area contributed by atoms with E-state index in [0.29, 0.717) is 43.4 Å². The molecule has 7 nitrogen and oxygen atoms in total. The second-order valence-corrected chi connectivity index (χ2v) is 10.3. The van der Waals surface area contributed by atoms with Crippen LogP contribution in [0.2, 0.25) is 0 Å². The van der Waals surface area contributed by atoms with Gasteiger partial charge in [0.15, 0.2) is 0 Å². The van der Waals surface area contributed by atoms with E-state index in [0.717, 1.165) is 12.8 Å². The van der Waals surface area contributed by atoms with E-state index in [2.05, 4.69) is 19.2 Å². The molecule has 210 valence electrons. The molecule has 0 spiro atoms. The molecule has 0 heterocycles. The van der Waals surface area contributed by atoms with Crippen molar-refractivity contribution in [2.75, 3.05) is 19.6 Å². The van der Waals surface area contributed by atoms with Gasteiger partial charge in [-0.1, -0.05) is 84.0 Å². The summed E-state index contributed by atoms with van der Waals surface area (Å²) in [6, 6.07) is 0. The minimum absolute atomic E-state index is 0.0477. The molecule has 0 aromatic heterocycles. The van der Waals surface area contributed by atoms with Crippen molar-refractivity contribution in [3.63, 3.8) is 0 Å². The minimum Gasteiger partial charge on any atom is -0.550 e. The summed E-state index contributed by atoms with van der Waals surface area (Å²) in [5.41, 5.74) is 0. The number of carbonyl (C=O) groups is 3. The Bertz CT molecular complexity index is 554. The highest BCUT2D eigenvalue weighted by atomic mass is 16.4. The van der Waals surface area contributed by atoms with Crippen LogP contribution in [0.1, 0.15) is 135 Å². The lowest BCUT2D eigenvalue weighted by atomic mass is 10.0. The van der Waals surface area contributed by atoms with Crippen LogP contribution in [0.3, 0.4) is 0 Å². The maximum absolute atomic E-state index is 11.0. The largest absolute Gasteiger partial charge is 0.550 e. The number of carbonyl (C=O) groups excluding carboxylic acids is 1. The highest BCUT2D eigenvalue weighted by Gasteiger charge is 2.24. The molecule has 2 N–H and O–H groups in total. The second kappa shape index (κ2) is 23.5. The molecule has 0 rings (SSSR count). The summed E-state index contributed by atoms with van der Waals surface area (Å²) in [6.45, 7) is 3.92. The lowest BCUT2D eigenvalue weighted by molar-refractivity contribution is -0.880. The highest BCUT2D eigenvalue weighted by molar-refractivity contribution is 5.66. The van der Waals surface area contributed by atoms with Crippen LogP contribution in [0, 0.1) is 0 Å². The smallest absolute Gasteiger partial charge is 0.303 e. The summed E-state index contributed by atoms with van der Waals surface area (Å²) in [4.78, 5) is 32.9. The van der Waals surface area contributed by atoms with Crippen molar-refractivity contribution in [1.82, 2.24) is 0 Å². The Morgan fingerprint density at radius 2 is 1.00 bits per heavy atom. The van der Waals surface area contributed by atoms with Crippen molar-refractivity contribution < 1.29 is 34.2 Å². The molecule has 0 bridgehead atoms. The van der Waals surface area contributed by atoms with Crippen LogP contribution in [0.15, 0.2) is 12.3 Å². The Kier molecular flexibility index (Phi) is 22.3. The van der Waals surface area contributed by atoms with Gasteiger partial charge in [0.25, 0.3) is 0 Å². The maximum atomic E-state index is 11.0. The monoisotopic (exact) mass is 511 g/mol. The standard InChI is InChI=1S/C29H53NO6/c1-2-3-4-5-6-7-8-9-10-11-12-13-14-15-16-23-30(24-17-20-27(31)32,25-18-21-28(33)34)26-19-22-29(35)36/h16,23H,2-15,17-22,24-26H2,1H3,(H2-,31,32,33,34,35,36)/b23-16+. The third-order valence-electron chi connectivity index (χ3n) is 6.87. The number of allylic oxidation sites excluding steroid dienone is 1. The van der Waals surface area contributed by atoms with Gasteiger partial charge >= 0.3 is 11.9 Å². The first-order valence-electron chi connectivity index (χ1n) is 14.5. The lowest BCUT2D eigenvalue weighted by Crippen LogP contribution is -2.46. The van der Waals surface area contributed by atoms with Crippen molar-refractivity contribution in [3.8, 4) is 0 Å². The molecule has 0 saturated heterocycles. The van der Waals surface area contributed by atoms with Crippen LogP contribution in [0.25, 0.3) is 0 Å². The summed E-state index contributed by atoms with van der Waals surface area (Å²) < 4.78 is 0.437. The number of rotatable bonds is 27. The first-order valence-corrected chi connectivity index (χ1v) is 14.5. The number of quaternary nitrogens is 1. The average molecular weight is 512 g/mol. The zero-order valence-corrected chi connectivity index (χ0v) is 22.9. The molecule has 0 radical (unpaired) electrons. The number of hydrogen-bond donors (Lipinski definition) is 2. The normalized spacial score (nSPS) is 11.8. The van der Waals surface area contributed by atoms with Gasteiger partial charge in [-0.3, -0.25) is 14.1 Å². The third kappa shape index (κ3) is 22.6. The van der Waals surface area contributed by atoms with Crippen LogP contribution >= 0.6 is 0 Å². The van der Waals surface area contributed by atoms with E-state index in [1.807, 2.05) is 0 Å². The molecule has 0 aromatic rings. The van der Waals surface area contributed by atoms with Crippen LogP contribution in [0.4, 0.5) is 0 Å². The molecule has 0 aromatic carbocycles. The van der Waals surface area contributed by atoms with Crippen LogP contribution in [0.5, 0.6) is 0 Å². The lowest BCUT2D eigenvalue weighted by Gasteiger charge is -2.35. The summed E-state index contributed by atoms with van der Waals surface area (Å²) in [5, 5.41) is 29.0. The Labute approximate surface area is 219 Å². The summed E-state index contributed by atoms with van der Waals surface area (Å²) in [7, 11) is 0. The van der Waals surface area contributed by atoms with Crippen molar-refractivity contribution in [2.45, 2.75) is 135 Å². The van der Waals surface area contributed by atoms with E-state index in [1.54, 1.807) is 0 Å². The van der Waals surface area contributed by atoms with Gasteiger partial charge in [-0.2, -0.15) is 0 Å². The van der Waals surface area contributed by atoms with E-state index in [9.17, 15) is 19.5 Å². The zero-order valence-electron chi connectivity index (χ0n) is 22.9. The van der Waals surface area contributed by atoms with Gasteiger partial charge in [0.2, 0.25) is 0 Å². The predicted octanol–water partition coefficient (Wildman–Crippen LogP) is 6.06. The highest BCUT2D eigenvalue weighted by Crippen LogP contribution is 2.18. The van der Waals surface area contributed by atoms with Crippen molar-refractivity contribution in [3.05, 3.63) is 12.3 Å². The summed E-state index contributed by atoms with van der Waals surface area (Å²) >= 11 is 0. The fraction of sp³-hybridized carbons (Fsp3) is 0.828. The molecule has 0 fully saturated rings. The summed E-state index contributed by atoms with van der Waals surface area (Å²) in [5.74, 6) is -2.81. The minimum atomic E-state index is -1.10. The van der Waals surface area contributed by atoms with Crippen molar-refractivity contribution in [1.29, 1.82) is 0 Å². The topological polar surface area (TPSA) is 115 Å². The van der Waals surface area contributed by atoms with Crippen molar-refractivity contribution in [2.24, 2.45) is 0 Å². The molecule has 0 amide bonds. The van der Waals surface area contributed by atoms with Crippen LogP contribution in [-0.4, -0.2) is 52.2 Å². The number of aliphatic carboxylic acids is 3. The van der Waals surface area contributed by atoms with Crippen LogP contribution < -0.4 is 5.11 Å². The van der Waals surface area contributed by atoms with Gasteiger partial charge in [0, 0.05) is 25.2 Å². The van der Waals surface area contributed by atoms with E-state index in [1.165, 1.54) is 77.0 Å². The molecule has 7 heteroatoms. The molecule has 0 aliphatic rings.